The van der Waals surface area contributed by atoms with Gasteiger partial charge in [-0.05, 0) is 36.3 Å². The third-order valence-electron chi connectivity index (χ3n) is 3.55. The molecule has 0 atom stereocenters. The largest absolute Gasteiger partial charge is 0.352 e. The molecule has 1 amide bonds. The van der Waals surface area contributed by atoms with Gasteiger partial charge in [0.05, 0.1) is 5.56 Å². The molecular weight excluding hydrogens is 322 g/mol. The first-order valence-electron chi connectivity index (χ1n) is 7.92. The fourth-order valence-corrected chi connectivity index (χ4v) is 3.21. The van der Waals surface area contributed by atoms with E-state index in [0.717, 1.165) is 34.6 Å². The van der Waals surface area contributed by atoms with Gasteiger partial charge in [-0.25, -0.2) is 9.50 Å². The molecule has 0 bridgehead atoms. The summed E-state index contributed by atoms with van der Waals surface area (Å²) in [5.74, 6) is 1.52. The summed E-state index contributed by atoms with van der Waals surface area (Å²) < 4.78 is 1.66. The first-order chi connectivity index (χ1) is 11.8. The van der Waals surface area contributed by atoms with Gasteiger partial charge in [0.2, 0.25) is 0 Å². The molecule has 0 fully saturated rings. The minimum absolute atomic E-state index is 0.0172. The van der Waals surface area contributed by atoms with Gasteiger partial charge in [-0.15, -0.1) is 11.8 Å². The number of thioether (sulfide) groups is 1. The zero-order valence-electron chi connectivity index (χ0n) is 13.5. The lowest BCUT2D eigenvalue weighted by molar-refractivity contribution is 0.0950. The third-order valence-corrected chi connectivity index (χ3v) is 4.50. The molecule has 6 nitrogen and oxygen atoms in total. The molecule has 1 N–H and O–H groups in total. The van der Waals surface area contributed by atoms with E-state index in [1.165, 1.54) is 6.33 Å². The van der Waals surface area contributed by atoms with Crippen molar-refractivity contribution >= 4 is 23.4 Å². The first kappa shape index (κ1) is 16.4. The van der Waals surface area contributed by atoms with Crippen LogP contribution in [0.2, 0.25) is 0 Å². The number of hydrogen-bond donors (Lipinski definition) is 1. The van der Waals surface area contributed by atoms with Crippen LogP contribution in [0.5, 0.6) is 0 Å². The molecule has 124 valence electrons. The van der Waals surface area contributed by atoms with E-state index in [2.05, 4.69) is 27.3 Å². The smallest absolute Gasteiger partial charge is 0.252 e. The van der Waals surface area contributed by atoms with Gasteiger partial charge in [0.25, 0.3) is 11.7 Å². The Kier molecular flexibility index (Phi) is 5.43. The molecule has 1 aromatic carbocycles. The predicted molar refractivity (Wildman–Crippen MR) is 94.3 cm³/mol. The van der Waals surface area contributed by atoms with Crippen molar-refractivity contribution in [2.75, 3.05) is 12.3 Å². The monoisotopic (exact) mass is 341 g/mol. The Morgan fingerprint density at radius 1 is 1.29 bits per heavy atom. The van der Waals surface area contributed by atoms with Crippen LogP contribution in [0.4, 0.5) is 0 Å². The fourth-order valence-electron chi connectivity index (χ4n) is 2.41. The van der Waals surface area contributed by atoms with Gasteiger partial charge >= 0.3 is 0 Å². The Bertz CT molecular complexity index is 832. The molecular formula is C17H19N5OS. The molecule has 0 saturated heterocycles. The predicted octanol–water partition coefficient (Wildman–Crippen LogP) is 2.60. The number of carbonyl (C=O) groups is 1. The van der Waals surface area contributed by atoms with Crippen LogP contribution < -0.4 is 5.32 Å². The molecule has 3 aromatic rings. The van der Waals surface area contributed by atoms with Gasteiger partial charge in [-0.1, -0.05) is 19.1 Å². The highest BCUT2D eigenvalue weighted by Gasteiger charge is 2.10. The molecule has 0 radical (unpaired) electrons. The lowest BCUT2D eigenvalue weighted by atomic mass is 10.2. The number of amides is 1. The highest BCUT2D eigenvalue weighted by molar-refractivity contribution is 7.99. The highest BCUT2D eigenvalue weighted by atomic mass is 32.2. The van der Waals surface area contributed by atoms with Crippen molar-refractivity contribution in [2.24, 2.45) is 0 Å². The Labute approximate surface area is 144 Å². The number of nitrogens with one attached hydrogen (secondary N) is 1. The summed E-state index contributed by atoms with van der Waals surface area (Å²) in [6.45, 7) is 2.71. The van der Waals surface area contributed by atoms with E-state index >= 15 is 0 Å². The Morgan fingerprint density at radius 2 is 2.17 bits per heavy atom. The molecule has 0 spiro atoms. The van der Waals surface area contributed by atoms with E-state index in [9.17, 15) is 4.79 Å². The molecule has 2 heterocycles. The summed E-state index contributed by atoms with van der Waals surface area (Å²) in [5.41, 5.74) is 1.82. The van der Waals surface area contributed by atoms with E-state index in [1.54, 1.807) is 22.5 Å². The van der Waals surface area contributed by atoms with Crippen molar-refractivity contribution in [2.45, 2.75) is 24.7 Å². The second-order valence-electron chi connectivity index (χ2n) is 5.26. The van der Waals surface area contributed by atoms with Crippen molar-refractivity contribution in [3.05, 3.63) is 54.1 Å². The molecule has 0 aliphatic rings. The van der Waals surface area contributed by atoms with Crippen molar-refractivity contribution in [1.29, 1.82) is 0 Å². The normalized spacial score (nSPS) is 10.9. The van der Waals surface area contributed by atoms with Gasteiger partial charge < -0.3 is 5.32 Å². The summed E-state index contributed by atoms with van der Waals surface area (Å²) in [6.07, 6.45) is 6.88. The number of nitrogens with zero attached hydrogens (tertiary/aromatic N) is 4. The highest BCUT2D eigenvalue weighted by Crippen LogP contribution is 2.22. The van der Waals surface area contributed by atoms with E-state index in [-0.39, 0.29) is 5.91 Å². The molecule has 7 heteroatoms. The molecule has 2 aromatic heterocycles. The van der Waals surface area contributed by atoms with Gasteiger partial charge in [-0.3, -0.25) is 4.79 Å². The number of fused-ring (bicyclic) bond motifs is 1. The second-order valence-corrected chi connectivity index (χ2v) is 6.56. The van der Waals surface area contributed by atoms with Crippen molar-refractivity contribution in [3.8, 4) is 0 Å². The number of aryl methyl sites for hydroxylation is 1. The number of aromatic nitrogens is 4. The molecule has 0 unspecified atom stereocenters. The maximum Gasteiger partial charge on any atom is 0.252 e. The van der Waals surface area contributed by atoms with E-state index < -0.39 is 0 Å². The van der Waals surface area contributed by atoms with Gasteiger partial charge in [-0.2, -0.15) is 10.1 Å². The quantitative estimate of drug-likeness (QED) is 0.528. The average molecular weight is 341 g/mol. The summed E-state index contributed by atoms with van der Waals surface area (Å²) in [7, 11) is 0. The Hall–Kier alpha value is -2.41. The van der Waals surface area contributed by atoms with Crippen LogP contribution in [0.15, 0.2) is 47.9 Å². The number of rotatable bonds is 7. The van der Waals surface area contributed by atoms with Crippen LogP contribution in [-0.4, -0.2) is 37.8 Å². The van der Waals surface area contributed by atoms with Crippen LogP contribution >= 0.6 is 11.8 Å². The SMILES string of the molecule is CCSc1ccccc1C(=O)NCCCc1cnc2ncnn2c1. The average Bonchev–Trinajstić information content (AvgIpc) is 3.07. The van der Waals surface area contributed by atoms with Crippen molar-refractivity contribution in [3.63, 3.8) is 0 Å². The van der Waals surface area contributed by atoms with E-state index in [4.69, 9.17) is 0 Å². The maximum atomic E-state index is 12.3. The summed E-state index contributed by atoms with van der Waals surface area (Å²) in [5, 5.41) is 7.07. The number of benzene rings is 1. The lowest BCUT2D eigenvalue weighted by Gasteiger charge is -2.09. The van der Waals surface area contributed by atoms with Crippen LogP contribution in [0.1, 0.15) is 29.3 Å². The van der Waals surface area contributed by atoms with Crippen LogP contribution in [0, 0.1) is 0 Å². The van der Waals surface area contributed by atoms with E-state index in [1.807, 2.05) is 30.5 Å². The lowest BCUT2D eigenvalue weighted by Crippen LogP contribution is -2.25. The Balaban J connectivity index is 1.51. The van der Waals surface area contributed by atoms with Crippen LogP contribution in [-0.2, 0) is 6.42 Å². The molecule has 0 saturated carbocycles. The molecule has 0 aliphatic heterocycles. The summed E-state index contributed by atoms with van der Waals surface area (Å²) in [6, 6.07) is 7.72. The minimum Gasteiger partial charge on any atom is -0.352 e. The third kappa shape index (κ3) is 3.91. The van der Waals surface area contributed by atoms with Crippen molar-refractivity contribution < 1.29 is 4.79 Å². The molecule has 3 rings (SSSR count). The summed E-state index contributed by atoms with van der Waals surface area (Å²) >= 11 is 1.68. The van der Waals surface area contributed by atoms with Crippen LogP contribution in [0.25, 0.3) is 5.78 Å². The number of hydrogen-bond acceptors (Lipinski definition) is 5. The van der Waals surface area contributed by atoms with Gasteiger partial charge in [0.15, 0.2) is 0 Å². The zero-order valence-corrected chi connectivity index (χ0v) is 14.3. The van der Waals surface area contributed by atoms with Gasteiger partial charge in [0.1, 0.15) is 6.33 Å². The van der Waals surface area contributed by atoms with E-state index in [0.29, 0.717) is 12.3 Å². The topological polar surface area (TPSA) is 72.2 Å². The van der Waals surface area contributed by atoms with Crippen molar-refractivity contribution in [1.82, 2.24) is 24.9 Å². The van der Waals surface area contributed by atoms with Crippen LogP contribution in [0.3, 0.4) is 0 Å². The standard InChI is InChI=1S/C17H19N5OS/c1-2-24-15-8-4-3-7-14(15)16(23)18-9-5-6-13-10-19-17-20-12-21-22(17)11-13/h3-4,7-8,10-12H,2,5-6,9H2,1H3,(H,18,23). The molecule has 0 aliphatic carbocycles. The zero-order chi connectivity index (χ0) is 16.8. The maximum absolute atomic E-state index is 12.3. The first-order valence-corrected chi connectivity index (χ1v) is 8.91. The summed E-state index contributed by atoms with van der Waals surface area (Å²) in [4.78, 5) is 21.6. The second kappa shape index (κ2) is 7.92. The fraction of sp³-hybridized carbons (Fsp3) is 0.294. The Morgan fingerprint density at radius 3 is 3.04 bits per heavy atom. The minimum atomic E-state index is -0.0172. The van der Waals surface area contributed by atoms with Gasteiger partial charge in [0, 0.05) is 23.8 Å². The number of carbonyl (C=O) groups excluding carboxylic acids is 1. The molecule has 24 heavy (non-hydrogen) atoms.